The van der Waals surface area contributed by atoms with Gasteiger partial charge in [-0.1, -0.05) is 50.1 Å². The van der Waals surface area contributed by atoms with Crippen LogP contribution in [0.3, 0.4) is 0 Å². The normalized spacial score (nSPS) is 12.3. The zero-order valence-electron chi connectivity index (χ0n) is 11.8. The van der Waals surface area contributed by atoms with Crippen molar-refractivity contribution in [2.45, 2.75) is 44.9 Å². The van der Waals surface area contributed by atoms with Gasteiger partial charge in [0.05, 0.1) is 5.92 Å². The zero-order valence-corrected chi connectivity index (χ0v) is 11.8. The van der Waals surface area contributed by atoms with E-state index in [2.05, 4.69) is 12.2 Å². The van der Waals surface area contributed by atoms with Crippen LogP contribution in [0.15, 0.2) is 30.3 Å². The second-order valence-corrected chi connectivity index (χ2v) is 4.90. The number of carboxylic acid groups (broad SMARTS) is 1. The summed E-state index contributed by atoms with van der Waals surface area (Å²) in [6.45, 7) is 4.23. The van der Waals surface area contributed by atoms with Gasteiger partial charge in [-0.15, -0.1) is 0 Å². The van der Waals surface area contributed by atoms with Gasteiger partial charge in [-0.2, -0.15) is 0 Å². The lowest BCUT2D eigenvalue weighted by Gasteiger charge is -2.12. The van der Waals surface area contributed by atoms with Crippen LogP contribution >= 0.6 is 0 Å². The number of aliphatic carboxylic acids is 1. The van der Waals surface area contributed by atoms with E-state index in [0.29, 0.717) is 0 Å². The number of carbonyl (C=O) groups is 1. The molecule has 106 valence electrons. The highest BCUT2D eigenvalue weighted by Crippen LogP contribution is 2.21. The van der Waals surface area contributed by atoms with E-state index in [1.165, 1.54) is 12.8 Å². The van der Waals surface area contributed by atoms with E-state index in [4.69, 9.17) is 0 Å². The van der Waals surface area contributed by atoms with Crippen molar-refractivity contribution in [3.05, 3.63) is 35.9 Å². The summed E-state index contributed by atoms with van der Waals surface area (Å²) >= 11 is 0. The summed E-state index contributed by atoms with van der Waals surface area (Å²) < 4.78 is 0. The van der Waals surface area contributed by atoms with E-state index in [1.54, 1.807) is 0 Å². The standard InChI is InChI=1S/C16H25NO2/c1-2-3-12-17-13-8-7-11-15(16(18)19)14-9-5-4-6-10-14/h4-6,9-10,15,17H,2-3,7-8,11-13H2,1H3,(H,18,19). The average molecular weight is 263 g/mol. The van der Waals surface area contributed by atoms with Gasteiger partial charge in [0.1, 0.15) is 0 Å². The van der Waals surface area contributed by atoms with E-state index >= 15 is 0 Å². The molecule has 0 aliphatic carbocycles. The molecule has 0 aliphatic heterocycles. The van der Waals surface area contributed by atoms with Gasteiger partial charge in [0.15, 0.2) is 0 Å². The summed E-state index contributed by atoms with van der Waals surface area (Å²) in [5.74, 6) is -1.08. The third kappa shape index (κ3) is 6.39. The Balaban J connectivity index is 2.26. The van der Waals surface area contributed by atoms with Crippen molar-refractivity contribution >= 4 is 5.97 Å². The summed E-state index contributed by atoms with van der Waals surface area (Å²) in [4.78, 5) is 11.3. The minimum Gasteiger partial charge on any atom is -0.481 e. The van der Waals surface area contributed by atoms with Crippen molar-refractivity contribution in [1.29, 1.82) is 0 Å². The van der Waals surface area contributed by atoms with Gasteiger partial charge in [-0.3, -0.25) is 4.79 Å². The molecule has 0 saturated carbocycles. The molecule has 0 spiro atoms. The molecule has 1 unspecified atom stereocenters. The molecule has 3 heteroatoms. The highest BCUT2D eigenvalue weighted by atomic mass is 16.4. The van der Waals surface area contributed by atoms with Crippen LogP contribution in [0.25, 0.3) is 0 Å². The highest BCUT2D eigenvalue weighted by Gasteiger charge is 2.18. The van der Waals surface area contributed by atoms with Crippen LogP contribution in [-0.4, -0.2) is 24.2 Å². The molecule has 1 atom stereocenters. The molecule has 0 saturated heterocycles. The number of hydrogen-bond acceptors (Lipinski definition) is 2. The summed E-state index contributed by atoms with van der Waals surface area (Å²) in [6.07, 6.45) is 5.13. The van der Waals surface area contributed by atoms with E-state index in [0.717, 1.165) is 37.9 Å². The zero-order chi connectivity index (χ0) is 13.9. The molecule has 1 rings (SSSR count). The van der Waals surface area contributed by atoms with Gasteiger partial charge in [-0.05, 0) is 37.9 Å². The SMILES string of the molecule is CCCCNCCCCC(C(=O)O)c1ccccc1. The minimum absolute atomic E-state index is 0.364. The molecule has 0 aromatic heterocycles. The van der Waals surface area contributed by atoms with Crippen LogP contribution < -0.4 is 5.32 Å². The molecule has 19 heavy (non-hydrogen) atoms. The van der Waals surface area contributed by atoms with Gasteiger partial charge < -0.3 is 10.4 Å². The van der Waals surface area contributed by atoms with Gasteiger partial charge >= 0.3 is 5.97 Å². The van der Waals surface area contributed by atoms with Crippen molar-refractivity contribution in [3.63, 3.8) is 0 Å². The average Bonchev–Trinajstić information content (AvgIpc) is 2.42. The lowest BCUT2D eigenvalue weighted by Crippen LogP contribution is -2.17. The van der Waals surface area contributed by atoms with E-state index in [9.17, 15) is 9.90 Å². The lowest BCUT2D eigenvalue weighted by molar-refractivity contribution is -0.139. The van der Waals surface area contributed by atoms with Gasteiger partial charge in [-0.25, -0.2) is 0 Å². The van der Waals surface area contributed by atoms with Crippen molar-refractivity contribution < 1.29 is 9.90 Å². The monoisotopic (exact) mass is 263 g/mol. The summed E-state index contributed by atoms with van der Waals surface area (Å²) in [6, 6.07) is 9.52. The molecule has 1 aromatic carbocycles. The number of rotatable bonds is 10. The summed E-state index contributed by atoms with van der Waals surface area (Å²) in [5, 5.41) is 12.7. The predicted octanol–water partition coefficient (Wildman–Crippen LogP) is 3.41. The number of hydrogen-bond donors (Lipinski definition) is 2. The van der Waals surface area contributed by atoms with Gasteiger partial charge in [0.25, 0.3) is 0 Å². The second kappa shape index (κ2) is 9.56. The quantitative estimate of drug-likeness (QED) is 0.636. The second-order valence-electron chi connectivity index (χ2n) is 4.90. The van der Waals surface area contributed by atoms with Crippen molar-refractivity contribution in [3.8, 4) is 0 Å². The summed E-state index contributed by atoms with van der Waals surface area (Å²) in [5.41, 5.74) is 0.911. The van der Waals surface area contributed by atoms with E-state index in [-0.39, 0.29) is 5.92 Å². The third-order valence-corrected chi connectivity index (χ3v) is 3.30. The molecule has 0 heterocycles. The Hall–Kier alpha value is -1.35. The first-order valence-electron chi connectivity index (χ1n) is 7.24. The fraction of sp³-hybridized carbons (Fsp3) is 0.562. The maximum Gasteiger partial charge on any atom is 0.310 e. The van der Waals surface area contributed by atoms with E-state index < -0.39 is 5.97 Å². The molecular formula is C16H25NO2. The Bertz CT molecular complexity index is 351. The lowest BCUT2D eigenvalue weighted by atomic mass is 9.94. The third-order valence-electron chi connectivity index (χ3n) is 3.30. The molecular weight excluding hydrogens is 238 g/mol. The number of benzene rings is 1. The van der Waals surface area contributed by atoms with Crippen LogP contribution in [0.4, 0.5) is 0 Å². The van der Waals surface area contributed by atoms with Crippen molar-refractivity contribution in [2.24, 2.45) is 0 Å². The highest BCUT2D eigenvalue weighted by molar-refractivity contribution is 5.75. The molecule has 0 amide bonds. The van der Waals surface area contributed by atoms with Crippen LogP contribution in [0.1, 0.15) is 50.5 Å². The Morgan fingerprint density at radius 2 is 1.84 bits per heavy atom. The Morgan fingerprint density at radius 3 is 2.47 bits per heavy atom. The van der Waals surface area contributed by atoms with Gasteiger partial charge in [0.2, 0.25) is 0 Å². The number of carboxylic acids is 1. The Kier molecular flexibility index (Phi) is 7.91. The predicted molar refractivity (Wildman–Crippen MR) is 78.4 cm³/mol. The first-order valence-corrected chi connectivity index (χ1v) is 7.24. The molecule has 3 nitrogen and oxygen atoms in total. The largest absolute Gasteiger partial charge is 0.481 e. The first kappa shape index (κ1) is 15.7. The minimum atomic E-state index is -0.717. The van der Waals surface area contributed by atoms with Crippen molar-refractivity contribution in [2.75, 3.05) is 13.1 Å². The fourth-order valence-electron chi connectivity index (χ4n) is 2.14. The number of unbranched alkanes of at least 4 members (excludes halogenated alkanes) is 2. The van der Waals surface area contributed by atoms with Crippen LogP contribution in [0.5, 0.6) is 0 Å². The van der Waals surface area contributed by atoms with Gasteiger partial charge in [0, 0.05) is 0 Å². The maximum absolute atomic E-state index is 11.3. The van der Waals surface area contributed by atoms with Crippen LogP contribution in [-0.2, 0) is 4.79 Å². The summed E-state index contributed by atoms with van der Waals surface area (Å²) in [7, 11) is 0. The first-order chi connectivity index (χ1) is 9.25. The van der Waals surface area contributed by atoms with Crippen molar-refractivity contribution in [1.82, 2.24) is 5.32 Å². The molecule has 0 aliphatic rings. The fourth-order valence-corrected chi connectivity index (χ4v) is 2.14. The molecule has 2 N–H and O–H groups in total. The smallest absolute Gasteiger partial charge is 0.310 e. The molecule has 0 fully saturated rings. The molecule has 0 radical (unpaired) electrons. The topological polar surface area (TPSA) is 49.3 Å². The molecule has 1 aromatic rings. The molecule has 0 bridgehead atoms. The maximum atomic E-state index is 11.3. The van der Waals surface area contributed by atoms with Crippen LogP contribution in [0, 0.1) is 0 Å². The van der Waals surface area contributed by atoms with E-state index in [1.807, 2.05) is 30.3 Å². The van der Waals surface area contributed by atoms with Crippen LogP contribution in [0.2, 0.25) is 0 Å². The Morgan fingerprint density at radius 1 is 1.16 bits per heavy atom. The number of nitrogens with one attached hydrogen (secondary N) is 1. The Labute approximate surface area is 116 Å².